The van der Waals surface area contributed by atoms with Crippen molar-refractivity contribution in [3.63, 3.8) is 0 Å². The molecule has 0 aliphatic carbocycles. The molecular weight excluding hydrogens is 695 g/mol. The van der Waals surface area contributed by atoms with Crippen LogP contribution in [0.25, 0.3) is 66.1 Å². The molecule has 262 valence electrons. The van der Waals surface area contributed by atoms with E-state index >= 15 is 0 Å². The van der Waals surface area contributed by atoms with E-state index in [1.54, 1.807) is 0 Å². The molecule has 0 saturated carbocycles. The van der Waals surface area contributed by atoms with Gasteiger partial charge in [-0.1, -0.05) is 103 Å². The maximum atomic E-state index is 6.66. The Morgan fingerprint density at radius 2 is 1.07 bits per heavy atom. The summed E-state index contributed by atoms with van der Waals surface area (Å²) in [7, 11) is -2.54. The van der Waals surface area contributed by atoms with E-state index in [9.17, 15) is 0 Å². The molecule has 3 heterocycles. The Kier molecular flexibility index (Phi) is 6.72. The lowest BCUT2D eigenvalue weighted by Crippen LogP contribution is -2.12. The third-order valence-electron chi connectivity index (χ3n) is 11.8. The van der Waals surface area contributed by atoms with Gasteiger partial charge in [-0.15, -0.1) is 0 Å². The van der Waals surface area contributed by atoms with E-state index in [4.69, 9.17) is 4.42 Å². The molecule has 1 aromatic heterocycles. The maximum Gasteiger partial charge on any atom is 0.144 e. The summed E-state index contributed by atoms with van der Waals surface area (Å²) >= 11 is 0. The van der Waals surface area contributed by atoms with E-state index in [0.717, 1.165) is 16.9 Å². The van der Waals surface area contributed by atoms with Gasteiger partial charge >= 0.3 is 0 Å². The predicted molar refractivity (Wildman–Crippen MR) is 234 cm³/mol. The Morgan fingerprint density at radius 3 is 1.98 bits per heavy atom. The van der Waals surface area contributed by atoms with Crippen LogP contribution in [0, 0.1) is 0 Å². The summed E-state index contributed by atoms with van der Waals surface area (Å²) in [5.41, 5.74) is 13.2. The summed E-state index contributed by atoms with van der Waals surface area (Å²) in [6.07, 6.45) is 9.79. The van der Waals surface area contributed by atoms with Crippen LogP contribution in [-0.4, -0.2) is 25.0 Å². The molecule has 0 N–H and O–H groups in total. The first kappa shape index (κ1) is 31.8. The SMILES string of the molecule is CS1(C)c2ccccc2-c2c(N(c3cccc(-c4cccc5ccccc45)c3)c3ccc4c(c3)S(C)(C)c3ccc5c(oc6ccccc65)c3-4)cccc21. The Hall–Kier alpha value is -5.68. The van der Waals surface area contributed by atoms with E-state index in [0.29, 0.717) is 0 Å². The predicted octanol–water partition coefficient (Wildman–Crippen LogP) is 14.8. The van der Waals surface area contributed by atoms with E-state index in [-0.39, 0.29) is 0 Å². The highest BCUT2D eigenvalue weighted by Crippen LogP contribution is 2.71. The van der Waals surface area contributed by atoms with E-state index in [2.05, 4.69) is 194 Å². The summed E-state index contributed by atoms with van der Waals surface area (Å²) in [6.45, 7) is 0. The summed E-state index contributed by atoms with van der Waals surface area (Å²) in [4.78, 5) is 8.23. The van der Waals surface area contributed by atoms with Gasteiger partial charge in [-0.3, -0.25) is 0 Å². The van der Waals surface area contributed by atoms with Crippen molar-refractivity contribution in [2.24, 2.45) is 0 Å². The van der Waals surface area contributed by atoms with Gasteiger partial charge in [0.05, 0.1) is 5.69 Å². The van der Waals surface area contributed by atoms with Crippen molar-refractivity contribution in [1.29, 1.82) is 0 Å². The fourth-order valence-corrected chi connectivity index (χ4v) is 14.2. The molecule has 0 fully saturated rings. The molecule has 0 atom stereocenters. The van der Waals surface area contributed by atoms with Crippen LogP contribution in [0.4, 0.5) is 17.1 Å². The smallest absolute Gasteiger partial charge is 0.144 e. The van der Waals surface area contributed by atoms with Gasteiger partial charge in [-0.05, 0) is 119 Å². The second kappa shape index (κ2) is 11.4. The molecule has 0 unspecified atom stereocenters. The van der Waals surface area contributed by atoms with Crippen molar-refractivity contribution in [2.45, 2.75) is 19.6 Å². The van der Waals surface area contributed by atoms with Crippen molar-refractivity contribution >= 4 is 69.8 Å². The molecule has 0 spiro atoms. The van der Waals surface area contributed by atoms with Crippen LogP contribution in [0.3, 0.4) is 0 Å². The number of rotatable bonds is 4. The van der Waals surface area contributed by atoms with Crippen LogP contribution >= 0.6 is 20.1 Å². The summed E-state index contributed by atoms with van der Waals surface area (Å²) in [6, 6.07) is 60.8. The molecule has 2 aliphatic rings. The van der Waals surface area contributed by atoms with Gasteiger partial charge in [-0.25, -0.2) is 0 Å². The normalized spacial score (nSPS) is 15.8. The highest BCUT2D eigenvalue weighted by molar-refractivity contribution is 8.33. The van der Waals surface area contributed by atoms with Crippen LogP contribution in [0.2, 0.25) is 0 Å². The van der Waals surface area contributed by atoms with Crippen molar-refractivity contribution in [2.75, 3.05) is 29.9 Å². The van der Waals surface area contributed by atoms with Crippen molar-refractivity contribution in [3.8, 4) is 33.4 Å². The highest BCUT2D eigenvalue weighted by Gasteiger charge is 2.37. The van der Waals surface area contributed by atoms with Crippen LogP contribution in [0.1, 0.15) is 0 Å². The number of para-hydroxylation sites is 1. The lowest BCUT2D eigenvalue weighted by Gasteiger charge is -2.32. The second-order valence-corrected chi connectivity index (χ2v) is 22.4. The minimum Gasteiger partial charge on any atom is -0.455 e. The highest BCUT2D eigenvalue weighted by atomic mass is 32.3. The quantitative estimate of drug-likeness (QED) is 0.179. The fraction of sp³-hybridized carbons (Fsp3) is 0.0800. The Labute approximate surface area is 319 Å². The van der Waals surface area contributed by atoms with E-state index in [1.807, 2.05) is 0 Å². The molecule has 4 heteroatoms. The number of furan rings is 1. The monoisotopic (exact) mass is 733 g/mol. The van der Waals surface area contributed by atoms with Gasteiger partial charge in [0.15, 0.2) is 0 Å². The number of hydrogen-bond donors (Lipinski definition) is 0. The molecule has 2 nitrogen and oxygen atoms in total. The Morgan fingerprint density at radius 1 is 0.426 bits per heavy atom. The van der Waals surface area contributed by atoms with E-state index < -0.39 is 20.1 Å². The molecule has 2 aliphatic heterocycles. The minimum atomic E-state index is -1.35. The van der Waals surface area contributed by atoms with Crippen molar-refractivity contribution < 1.29 is 4.42 Å². The Bertz CT molecular complexity index is 3020. The summed E-state index contributed by atoms with van der Waals surface area (Å²) in [5.74, 6) is 0. The first-order valence-electron chi connectivity index (χ1n) is 18.5. The van der Waals surface area contributed by atoms with Gasteiger partial charge in [-0.2, -0.15) is 20.1 Å². The Balaban J connectivity index is 1.16. The number of nitrogens with zero attached hydrogens (tertiary/aromatic N) is 1. The van der Waals surface area contributed by atoms with Crippen LogP contribution in [0.5, 0.6) is 0 Å². The zero-order chi connectivity index (χ0) is 36.3. The zero-order valence-corrected chi connectivity index (χ0v) is 32.4. The van der Waals surface area contributed by atoms with Gasteiger partial charge < -0.3 is 9.32 Å². The van der Waals surface area contributed by atoms with Crippen LogP contribution < -0.4 is 4.90 Å². The van der Waals surface area contributed by atoms with Crippen molar-refractivity contribution in [3.05, 3.63) is 164 Å². The molecule has 0 bridgehead atoms. The van der Waals surface area contributed by atoms with Crippen LogP contribution in [-0.2, 0) is 0 Å². The third-order valence-corrected chi connectivity index (χ3v) is 17.6. The summed E-state index contributed by atoms with van der Waals surface area (Å²) in [5, 5.41) is 4.88. The van der Waals surface area contributed by atoms with Gasteiger partial charge in [0.25, 0.3) is 0 Å². The lowest BCUT2D eigenvalue weighted by atomic mass is 9.97. The number of benzene rings is 8. The van der Waals surface area contributed by atoms with Crippen molar-refractivity contribution in [1.82, 2.24) is 0 Å². The standard InChI is InChI=1S/C50H39NOS2/c1-53(2)44-24-10-8-20-40(44)48-42(22-13-25-45(48)53)51(34-17-11-16-33(30-34)37-21-12-15-32-14-5-6-18-36(32)37)35-26-27-41-47(31-35)54(3,4)46-29-28-39-38-19-7-9-23-43(38)52-50(39)49(41)46/h5-31H,1-4H3. The number of anilines is 3. The maximum absolute atomic E-state index is 6.66. The molecule has 54 heavy (non-hydrogen) atoms. The first-order chi connectivity index (χ1) is 26.3. The molecule has 0 radical (unpaired) electrons. The number of hydrogen-bond acceptors (Lipinski definition) is 2. The average molecular weight is 734 g/mol. The molecule has 0 amide bonds. The number of fused-ring (bicyclic) bond motifs is 11. The average Bonchev–Trinajstić information content (AvgIpc) is 3.78. The van der Waals surface area contributed by atoms with Gasteiger partial charge in [0.2, 0.25) is 0 Å². The first-order valence-corrected chi connectivity index (χ1v) is 23.4. The van der Waals surface area contributed by atoms with Gasteiger partial charge in [0, 0.05) is 52.9 Å². The molecular formula is C50H39NOS2. The molecule has 0 saturated heterocycles. The minimum absolute atomic E-state index is 0.944. The lowest BCUT2D eigenvalue weighted by molar-refractivity contribution is 0.669. The largest absolute Gasteiger partial charge is 0.455 e. The fourth-order valence-electron chi connectivity index (χ4n) is 9.20. The molecule has 11 rings (SSSR count). The zero-order valence-electron chi connectivity index (χ0n) is 30.8. The molecule has 8 aromatic carbocycles. The van der Waals surface area contributed by atoms with Crippen LogP contribution in [0.15, 0.2) is 188 Å². The summed E-state index contributed by atoms with van der Waals surface area (Å²) < 4.78 is 6.66. The second-order valence-electron chi connectivity index (χ2n) is 15.3. The molecule has 9 aromatic rings. The van der Waals surface area contributed by atoms with E-state index in [1.165, 1.54) is 85.9 Å². The van der Waals surface area contributed by atoms with Gasteiger partial charge in [0.1, 0.15) is 11.2 Å². The third kappa shape index (κ3) is 4.38. The topological polar surface area (TPSA) is 16.4 Å².